The van der Waals surface area contributed by atoms with Crippen LogP contribution in [0.1, 0.15) is 0 Å². The monoisotopic (exact) mass is 454 g/mol. The third-order valence-corrected chi connectivity index (χ3v) is 7.29. The highest BCUT2D eigenvalue weighted by Crippen LogP contribution is 2.46. The number of ether oxygens (including phenoxy) is 3. The van der Waals surface area contributed by atoms with Gasteiger partial charge in [-0.2, -0.15) is 0 Å². The fraction of sp³-hybridized carbons (Fsp3) is 0.167. The van der Waals surface area contributed by atoms with Gasteiger partial charge in [0.05, 0.1) is 26.2 Å². The first-order valence-electron chi connectivity index (χ1n) is 7.28. The quantitative estimate of drug-likeness (QED) is 0.318. The van der Waals surface area contributed by atoms with E-state index in [4.69, 9.17) is 26.4 Å². The van der Waals surface area contributed by atoms with Crippen LogP contribution in [0.25, 0.3) is 21.6 Å². The molecule has 0 saturated heterocycles. The summed E-state index contributed by atoms with van der Waals surface area (Å²) in [4.78, 5) is 1.14. The zero-order valence-electron chi connectivity index (χ0n) is 13.8. The van der Waals surface area contributed by atoms with Crippen LogP contribution in [0.15, 0.2) is 40.9 Å². The van der Waals surface area contributed by atoms with E-state index in [1.165, 1.54) is 0 Å². The molecule has 0 N–H and O–H groups in total. The standard InChI is InChI=1S/C18H15BrO3S3/c1-20-13-8-11(9-14(21-2)16(13)22-3)15-17(24-25-18(15)23)10-4-6-12(19)7-5-10/h4-9H,1-3H3. The van der Waals surface area contributed by atoms with Crippen molar-refractivity contribution in [2.24, 2.45) is 0 Å². The van der Waals surface area contributed by atoms with Crippen LogP contribution in [0, 0.1) is 3.82 Å². The maximum absolute atomic E-state index is 5.61. The van der Waals surface area contributed by atoms with Crippen molar-refractivity contribution in [3.05, 3.63) is 44.7 Å². The van der Waals surface area contributed by atoms with E-state index in [0.29, 0.717) is 17.2 Å². The second kappa shape index (κ2) is 7.86. The van der Waals surface area contributed by atoms with Gasteiger partial charge in [-0.3, -0.25) is 0 Å². The maximum atomic E-state index is 5.61. The summed E-state index contributed by atoms with van der Waals surface area (Å²) in [5.74, 6) is 1.80. The molecule has 2 aromatic carbocycles. The van der Waals surface area contributed by atoms with Gasteiger partial charge in [0, 0.05) is 10.0 Å². The van der Waals surface area contributed by atoms with Crippen LogP contribution < -0.4 is 14.2 Å². The van der Waals surface area contributed by atoms with E-state index in [-0.39, 0.29) is 0 Å². The largest absolute Gasteiger partial charge is 0.493 e. The summed E-state index contributed by atoms with van der Waals surface area (Å²) in [5, 5.41) is 0. The van der Waals surface area contributed by atoms with Crippen LogP contribution >= 0.6 is 48.8 Å². The van der Waals surface area contributed by atoms with Crippen molar-refractivity contribution in [1.29, 1.82) is 0 Å². The molecule has 1 heterocycles. The molecule has 3 rings (SSSR count). The third kappa shape index (κ3) is 3.60. The SMILES string of the molecule is COc1cc(-c2c(-c3ccc(Br)cc3)ssc2=S)cc(OC)c1OC. The molecule has 0 saturated carbocycles. The zero-order valence-corrected chi connectivity index (χ0v) is 17.8. The van der Waals surface area contributed by atoms with E-state index in [1.54, 1.807) is 42.0 Å². The van der Waals surface area contributed by atoms with Gasteiger partial charge in [0.1, 0.15) is 3.82 Å². The first-order valence-corrected chi connectivity index (χ1v) is 10.6. The van der Waals surface area contributed by atoms with Gasteiger partial charge in [0.15, 0.2) is 11.5 Å². The first kappa shape index (κ1) is 18.4. The van der Waals surface area contributed by atoms with E-state index >= 15 is 0 Å². The van der Waals surface area contributed by atoms with Crippen molar-refractivity contribution in [1.82, 2.24) is 0 Å². The maximum Gasteiger partial charge on any atom is 0.203 e. The third-order valence-electron chi connectivity index (χ3n) is 3.69. The van der Waals surface area contributed by atoms with Crippen molar-refractivity contribution >= 4 is 48.8 Å². The van der Waals surface area contributed by atoms with E-state index in [1.807, 2.05) is 24.3 Å². The Labute approximate surface area is 167 Å². The summed E-state index contributed by atoms with van der Waals surface area (Å²) in [6.45, 7) is 0. The lowest BCUT2D eigenvalue weighted by molar-refractivity contribution is 0.324. The summed E-state index contributed by atoms with van der Waals surface area (Å²) in [7, 11) is 8.09. The Balaban J connectivity index is 2.22. The molecule has 0 radical (unpaired) electrons. The number of hydrogen-bond donors (Lipinski definition) is 0. The van der Waals surface area contributed by atoms with Gasteiger partial charge >= 0.3 is 0 Å². The van der Waals surface area contributed by atoms with Gasteiger partial charge in [-0.15, -0.1) is 0 Å². The highest BCUT2D eigenvalue weighted by atomic mass is 79.9. The Morgan fingerprint density at radius 3 is 1.96 bits per heavy atom. The predicted octanol–water partition coefficient (Wildman–Crippen LogP) is 6.66. The summed E-state index contributed by atoms with van der Waals surface area (Å²) < 4.78 is 18.3. The summed E-state index contributed by atoms with van der Waals surface area (Å²) in [5.41, 5.74) is 3.10. The molecule has 1 aromatic heterocycles. The van der Waals surface area contributed by atoms with Crippen molar-refractivity contribution in [2.45, 2.75) is 0 Å². The molecule has 0 amide bonds. The first-order chi connectivity index (χ1) is 12.1. The van der Waals surface area contributed by atoms with E-state index < -0.39 is 0 Å². The van der Waals surface area contributed by atoms with Gasteiger partial charge in [0.25, 0.3) is 0 Å². The minimum atomic E-state index is 0.573. The minimum Gasteiger partial charge on any atom is -0.493 e. The second-order valence-electron chi connectivity index (χ2n) is 5.08. The number of benzene rings is 2. The fourth-order valence-corrected chi connectivity index (χ4v) is 5.71. The Bertz CT molecular complexity index is 920. The Kier molecular flexibility index (Phi) is 5.78. The molecular formula is C18H15BrO3S3. The van der Waals surface area contributed by atoms with E-state index in [9.17, 15) is 0 Å². The molecule has 25 heavy (non-hydrogen) atoms. The topological polar surface area (TPSA) is 27.7 Å². The van der Waals surface area contributed by atoms with Crippen molar-refractivity contribution < 1.29 is 14.2 Å². The molecule has 0 fully saturated rings. The lowest BCUT2D eigenvalue weighted by atomic mass is 10.0. The molecule has 3 nitrogen and oxygen atoms in total. The lowest BCUT2D eigenvalue weighted by Crippen LogP contribution is -1.95. The van der Waals surface area contributed by atoms with Gasteiger partial charge in [-0.05, 0) is 35.4 Å². The van der Waals surface area contributed by atoms with Crippen LogP contribution in [0.4, 0.5) is 0 Å². The van der Waals surface area contributed by atoms with Crippen molar-refractivity contribution in [2.75, 3.05) is 21.3 Å². The highest BCUT2D eigenvalue weighted by molar-refractivity contribution is 9.10. The molecule has 0 spiro atoms. The minimum absolute atomic E-state index is 0.573. The van der Waals surface area contributed by atoms with Crippen LogP contribution in [0.5, 0.6) is 17.2 Å². The van der Waals surface area contributed by atoms with Crippen molar-refractivity contribution in [3.8, 4) is 38.8 Å². The number of rotatable bonds is 5. The van der Waals surface area contributed by atoms with Gasteiger partial charge in [-0.25, -0.2) is 0 Å². The Morgan fingerprint density at radius 1 is 0.840 bits per heavy atom. The van der Waals surface area contributed by atoms with Crippen LogP contribution in [0.2, 0.25) is 0 Å². The molecule has 0 unspecified atom stereocenters. The normalized spacial score (nSPS) is 10.6. The Morgan fingerprint density at radius 2 is 1.44 bits per heavy atom. The molecule has 0 atom stereocenters. The molecule has 0 bridgehead atoms. The molecule has 130 valence electrons. The predicted molar refractivity (Wildman–Crippen MR) is 111 cm³/mol. The molecule has 0 aliphatic heterocycles. The smallest absolute Gasteiger partial charge is 0.203 e. The van der Waals surface area contributed by atoms with E-state index in [0.717, 1.165) is 29.9 Å². The summed E-state index contributed by atoms with van der Waals surface area (Å²) >= 11 is 9.09. The van der Waals surface area contributed by atoms with Crippen LogP contribution in [0.3, 0.4) is 0 Å². The Hall–Kier alpha value is -1.41. The highest BCUT2D eigenvalue weighted by Gasteiger charge is 2.19. The molecule has 0 aliphatic rings. The van der Waals surface area contributed by atoms with Gasteiger partial charge in [0.2, 0.25) is 5.75 Å². The van der Waals surface area contributed by atoms with Crippen LogP contribution in [-0.2, 0) is 0 Å². The van der Waals surface area contributed by atoms with E-state index in [2.05, 4.69) is 28.1 Å². The van der Waals surface area contributed by atoms with Gasteiger partial charge in [-0.1, -0.05) is 61.0 Å². The molecule has 0 aliphatic carbocycles. The van der Waals surface area contributed by atoms with Gasteiger partial charge < -0.3 is 14.2 Å². The van der Waals surface area contributed by atoms with Crippen molar-refractivity contribution in [3.63, 3.8) is 0 Å². The number of methoxy groups -OCH3 is 3. The average molecular weight is 455 g/mol. The molecule has 7 heteroatoms. The van der Waals surface area contributed by atoms with Crippen LogP contribution in [-0.4, -0.2) is 21.3 Å². The number of hydrogen-bond acceptors (Lipinski definition) is 6. The summed E-state index contributed by atoms with van der Waals surface area (Å²) in [6, 6.07) is 12.1. The zero-order chi connectivity index (χ0) is 18.0. The summed E-state index contributed by atoms with van der Waals surface area (Å²) in [6.07, 6.45) is 0. The number of halogens is 1. The fourth-order valence-electron chi connectivity index (χ4n) is 2.52. The second-order valence-corrected chi connectivity index (χ2v) is 8.81. The molecule has 3 aromatic rings. The lowest BCUT2D eigenvalue weighted by Gasteiger charge is -2.14. The average Bonchev–Trinajstić information content (AvgIpc) is 3.02. The molecular weight excluding hydrogens is 440 g/mol.